The van der Waals surface area contributed by atoms with Crippen molar-refractivity contribution in [3.8, 4) is 0 Å². The average molecular weight is 242 g/mol. The molecule has 0 bridgehead atoms. The van der Waals surface area contributed by atoms with Crippen LogP contribution < -0.4 is 11.1 Å². The van der Waals surface area contributed by atoms with Crippen LogP contribution in [0.15, 0.2) is 0 Å². The monoisotopic (exact) mass is 242 g/mol. The SMILES string of the molecule is CC(C)C(O)CNC(=O)C1CCCCC1CN. The lowest BCUT2D eigenvalue weighted by atomic mass is 9.78. The third-order valence-electron chi connectivity index (χ3n) is 3.80. The Hall–Kier alpha value is -0.610. The van der Waals surface area contributed by atoms with Crippen LogP contribution in [0.4, 0.5) is 0 Å². The molecule has 1 fully saturated rings. The van der Waals surface area contributed by atoms with Gasteiger partial charge in [-0.25, -0.2) is 0 Å². The lowest BCUT2D eigenvalue weighted by Gasteiger charge is -2.30. The van der Waals surface area contributed by atoms with E-state index in [1.165, 1.54) is 6.42 Å². The summed E-state index contributed by atoms with van der Waals surface area (Å²) >= 11 is 0. The molecule has 0 aromatic carbocycles. The molecule has 100 valence electrons. The molecular formula is C13H26N2O2. The first-order chi connectivity index (χ1) is 8.06. The largest absolute Gasteiger partial charge is 0.391 e. The van der Waals surface area contributed by atoms with Crippen LogP contribution in [-0.4, -0.2) is 30.2 Å². The number of hydrogen-bond acceptors (Lipinski definition) is 3. The van der Waals surface area contributed by atoms with E-state index in [-0.39, 0.29) is 17.7 Å². The van der Waals surface area contributed by atoms with Gasteiger partial charge in [-0.15, -0.1) is 0 Å². The Kier molecular flexibility index (Phi) is 5.92. The maximum absolute atomic E-state index is 12.0. The van der Waals surface area contributed by atoms with Crippen LogP contribution in [0.2, 0.25) is 0 Å². The first-order valence-electron chi connectivity index (χ1n) is 6.72. The van der Waals surface area contributed by atoms with Gasteiger partial charge >= 0.3 is 0 Å². The van der Waals surface area contributed by atoms with Crippen molar-refractivity contribution in [3.63, 3.8) is 0 Å². The quantitative estimate of drug-likeness (QED) is 0.670. The Morgan fingerprint density at radius 3 is 2.65 bits per heavy atom. The molecule has 0 heterocycles. The standard InChI is InChI=1S/C13H26N2O2/c1-9(2)12(16)8-15-13(17)11-6-4-3-5-10(11)7-14/h9-12,16H,3-8,14H2,1-2H3,(H,15,17). The summed E-state index contributed by atoms with van der Waals surface area (Å²) in [6.45, 7) is 4.83. The molecule has 3 unspecified atom stereocenters. The molecule has 1 rings (SSSR count). The van der Waals surface area contributed by atoms with E-state index in [1.807, 2.05) is 13.8 Å². The molecule has 0 aliphatic heterocycles. The molecule has 1 saturated carbocycles. The van der Waals surface area contributed by atoms with E-state index in [9.17, 15) is 9.90 Å². The smallest absolute Gasteiger partial charge is 0.223 e. The van der Waals surface area contributed by atoms with Gasteiger partial charge in [-0.3, -0.25) is 4.79 Å². The lowest BCUT2D eigenvalue weighted by molar-refractivity contribution is -0.128. The van der Waals surface area contributed by atoms with Gasteiger partial charge in [0, 0.05) is 12.5 Å². The number of amides is 1. The first-order valence-corrected chi connectivity index (χ1v) is 6.72. The fourth-order valence-corrected chi connectivity index (χ4v) is 2.41. The molecule has 4 nitrogen and oxygen atoms in total. The minimum atomic E-state index is -0.459. The van der Waals surface area contributed by atoms with Crippen LogP contribution >= 0.6 is 0 Å². The van der Waals surface area contributed by atoms with Gasteiger partial charge in [0.05, 0.1) is 6.10 Å². The number of carbonyl (C=O) groups is 1. The summed E-state index contributed by atoms with van der Waals surface area (Å²) in [5, 5.41) is 12.5. The molecule has 0 radical (unpaired) electrons. The fraction of sp³-hybridized carbons (Fsp3) is 0.923. The Bertz CT molecular complexity index is 244. The van der Waals surface area contributed by atoms with Crippen LogP contribution in [0.1, 0.15) is 39.5 Å². The number of aliphatic hydroxyl groups excluding tert-OH is 1. The zero-order valence-corrected chi connectivity index (χ0v) is 11.0. The summed E-state index contributed by atoms with van der Waals surface area (Å²) in [5.41, 5.74) is 5.71. The van der Waals surface area contributed by atoms with Crippen molar-refractivity contribution in [1.82, 2.24) is 5.32 Å². The maximum atomic E-state index is 12.0. The summed E-state index contributed by atoms with van der Waals surface area (Å²) in [4.78, 5) is 12.0. The highest BCUT2D eigenvalue weighted by Gasteiger charge is 2.29. The van der Waals surface area contributed by atoms with Crippen LogP contribution in [0, 0.1) is 17.8 Å². The van der Waals surface area contributed by atoms with E-state index in [1.54, 1.807) is 0 Å². The van der Waals surface area contributed by atoms with E-state index in [4.69, 9.17) is 5.73 Å². The molecule has 1 aliphatic rings. The van der Waals surface area contributed by atoms with Crippen molar-refractivity contribution in [2.75, 3.05) is 13.1 Å². The molecule has 1 amide bonds. The summed E-state index contributed by atoms with van der Waals surface area (Å²) in [6, 6.07) is 0. The fourth-order valence-electron chi connectivity index (χ4n) is 2.41. The Balaban J connectivity index is 2.40. The van der Waals surface area contributed by atoms with E-state index < -0.39 is 6.10 Å². The van der Waals surface area contributed by atoms with Crippen LogP contribution in [0.5, 0.6) is 0 Å². The second-order valence-corrected chi connectivity index (χ2v) is 5.44. The second-order valence-electron chi connectivity index (χ2n) is 5.44. The van der Waals surface area contributed by atoms with Crippen molar-refractivity contribution in [1.29, 1.82) is 0 Å². The van der Waals surface area contributed by atoms with Crippen LogP contribution in [-0.2, 0) is 4.79 Å². The second kappa shape index (κ2) is 6.97. The van der Waals surface area contributed by atoms with Crippen LogP contribution in [0.3, 0.4) is 0 Å². The Morgan fingerprint density at radius 2 is 2.06 bits per heavy atom. The van der Waals surface area contributed by atoms with Gasteiger partial charge in [-0.05, 0) is 31.2 Å². The van der Waals surface area contributed by atoms with Crippen molar-refractivity contribution in [3.05, 3.63) is 0 Å². The number of aliphatic hydroxyl groups is 1. The highest BCUT2D eigenvalue weighted by Crippen LogP contribution is 2.29. The molecular weight excluding hydrogens is 216 g/mol. The van der Waals surface area contributed by atoms with Gasteiger partial charge < -0.3 is 16.2 Å². The molecule has 0 saturated heterocycles. The summed E-state index contributed by atoms with van der Waals surface area (Å²) in [6.07, 6.45) is 3.83. The minimum Gasteiger partial charge on any atom is -0.391 e. The molecule has 1 aliphatic carbocycles. The van der Waals surface area contributed by atoms with Gasteiger partial charge in [-0.1, -0.05) is 26.7 Å². The van der Waals surface area contributed by atoms with Crippen molar-refractivity contribution in [2.24, 2.45) is 23.5 Å². The van der Waals surface area contributed by atoms with Crippen molar-refractivity contribution < 1.29 is 9.90 Å². The average Bonchev–Trinajstić information content (AvgIpc) is 2.35. The highest BCUT2D eigenvalue weighted by molar-refractivity contribution is 5.79. The third-order valence-corrected chi connectivity index (χ3v) is 3.80. The lowest BCUT2D eigenvalue weighted by Crippen LogP contribution is -2.42. The Labute approximate surface area is 104 Å². The predicted octanol–water partition coefficient (Wildman–Crippen LogP) is 0.885. The van der Waals surface area contributed by atoms with E-state index in [0.29, 0.717) is 19.0 Å². The number of carbonyl (C=O) groups excluding carboxylic acids is 1. The molecule has 0 aromatic rings. The van der Waals surface area contributed by atoms with Crippen molar-refractivity contribution in [2.45, 2.75) is 45.6 Å². The maximum Gasteiger partial charge on any atom is 0.223 e. The van der Waals surface area contributed by atoms with Gasteiger partial charge in [0.15, 0.2) is 0 Å². The normalized spacial score (nSPS) is 26.9. The number of nitrogens with two attached hydrogens (primary N) is 1. The zero-order valence-electron chi connectivity index (χ0n) is 11.0. The Morgan fingerprint density at radius 1 is 1.41 bits per heavy atom. The van der Waals surface area contributed by atoms with Crippen molar-refractivity contribution >= 4 is 5.91 Å². The van der Waals surface area contributed by atoms with Crippen LogP contribution in [0.25, 0.3) is 0 Å². The first kappa shape index (κ1) is 14.5. The molecule has 0 spiro atoms. The van der Waals surface area contributed by atoms with E-state index >= 15 is 0 Å². The molecule has 4 heteroatoms. The molecule has 0 aromatic heterocycles. The highest BCUT2D eigenvalue weighted by atomic mass is 16.3. The van der Waals surface area contributed by atoms with Gasteiger partial charge in [0.2, 0.25) is 5.91 Å². The summed E-state index contributed by atoms with van der Waals surface area (Å²) in [7, 11) is 0. The summed E-state index contributed by atoms with van der Waals surface area (Å²) < 4.78 is 0. The molecule has 4 N–H and O–H groups in total. The zero-order chi connectivity index (χ0) is 12.8. The van der Waals surface area contributed by atoms with E-state index in [2.05, 4.69) is 5.32 Å². The third kappa shape index (κ3) is 4.28. The van der Waals surface area contributed by atoms with Gasteiger partial charge in [0.25, 0.3) is 0 Å². The number of nitrogens with one attached hydrogen (secondary N) is 1. The van der Waals surface area contributed by atoms with E-state index in [0.717, 1.165) is 19.3 Å². The predicted molar refractivity (Wildman–Crippen MR) is 68.4 cm³/mol. The topological polar surface area (TPSA) is 75.3 Å². The molecule has 3 atom stereocenters. The van der Waals surface area contributed by atoms with Gasteiger partial charge in [0.1, 0.15) is 0 Å². The number of rotatable bonds is 5. The number of hydrogen-bond donors (Lipinski definition) is 3. The van der Waals surface area contributed by atoms with Gasteiger partial charge in [-0.2, -0.15) is 0 Å². The molecule has 17 heavy (non-hydrogen) atoms. The minimum absolute atomic E-state index is 0.0492. The summed E-state index contributed by atoms with van der Waals surface area (Å²) in [5.74, 6) is 0.611.